The molecule has 140 valence electrons. The summed E-state index contributed by atoms with van der Waals surface area (Å²) < 4.78 is 44.2. The van der Waals surface area contributed by atoms with E-state index in [1.165, 1.54) is 12.6 Å². The van der Waals surface area contributed by atoms with Crippen LogP contribution in [0.5, 0.6) is 0 Å². The summed E-state index contributed by atoms with van der Waals surface area (Å²) in [6.45, 7) is -1.11. The van der Waals surface area contributed by atoms with Gasteiger partial charge >= 0.3 is 6.18 Å². The molecule has 0 aromatic carbocycles. The molecule has 0 saturated heterocycles. The van der Waals surface area contributed by atoms with Crippen molar-refractivity contribution >= 4 is 5.91 Å². The van der Waals surface area contributed by atoms with Crippen molar-refractivity contribution in [1.29, 1.82) is 0 Å². The number of halogens is 3. The zero-order valence-corrected chi connectivity index (χ0v) is 14.1. The molecule has 1 unspecified atom stereocenters. The molecule has 1 heterocycles. The molecule has 0 radical (unpaired) electrons. The van der Waals surface area contributed by atoms with Crippen LogP contribution in [0.1, 0.15) is 62.2 Å². The predicted octanol–water partition coefficient (Wildman–Crippen LogP) is 3.29. The first-order valence-electron chi connectivity index (χ1n) is 8.94. The number of carbonyl (C=O) groups is 1. The molecule has 25 heavy (non-hydrogen) atoms. The fourth-order valence-electron chi connectivity index (χ4n) is 3.66. The Kier molecular flexibility index (Phi) is 5.66. The lowest BCUT2D eigenvalue weighted by atomic mass is 9.94. The second-order valence-electron chi connectivity index (χ2n) is 6.94. The molecule has 3 rings (SSSR count). The van der Waals surface area contributed by atoms with Gasteiger partial charge in [-0.15, -0.1) is 0 Å². The van der Waals surface area contributed by atoms with E-state index < -0.39 is 12.7 Å². The van der Waals surface area contributed by atoms with Gasteiger partial charge in [0.1, 0.15) is 13.2 Å². The molecule has 0 bridgehead atoms. The largest absolute Gasteiger partial charge is 0.408 e. The highest BCUT2D eigenvalue weighted by molar-refractivity contribution is 5.77. The van der Waals surface area contributed by atoms with E-state index in [4.69, 9.17) is 4.74 Å². The molecule has 1 amide bonds. The van der Waals surface area contributed by atoms with E-state index in [2.05, 4.69) is 10.4 Å². The molecule has 1 aromatic rings. The third-order valence-corrected chi connectivity index (χ3v) is 4.82. The van der Waals surface area contributed by atoms with Crippen LogP contribution in [0.15, 0.2) is 6.20 Å². The second-order valence-corrected chi connectivity index (χ2v) is 6.94. The van der Waals surface area contributed by atoms with Crippen LogP contribution in [-0.2, 0) is 22.5 Å². The number of carbonyl (C=O) groups excluding carboxylic acids is 1. The van der Waals surface area contributed by atoms with E-state index in [1.54, 1.807) is 0 Å². The van der Waals surface area contributed by atoms with Crippen molar-refractivity contribution in [2.75, 3.05) is 6.61 Å². The maximum absolute atomic E-state index is 12.5. The maximum Gasteiger partial charge on any atom is 0.408 e. The summed E-state index contributed by atoms with van der Waals surface area (Å²) in [5.74, 6) is -0.228. The number of ether oxygens (including phenoxy) is 1. The van der Waals surface area contributed by atoms with Crippen molar-refractivity contribution in [1.82, 2.24) is 15.1 Å². The number of nitrogens with one attached hydrogen (secondary N) is 1. The molecule has 1 atom stereocenters. The van der Waals surface area contributed by atoms with Crippen molar-refractivity contribution in [2.24, 2.45) is 0 Å². The van der Waals surface area contributed by atoms with Crippen LogP contribution in [0.4, 0.5) is 13.2 Å². The number of nitrogens with zero attached hydrogens (tertiary/aromatic N) is 2. The molecule has 5 nitrogen and oxygen atoms in total. The summed E-state index contributed by atoms with van der Waals surface area (Å²) in [6.07, 6.45) is 4.95. The fraction of sp³-hybridized carbons (Fsp3) is 0.765. The van der Waals surface area contributed by atoms with Gasteiger partial charge in [-0.25, -0.2) is 0 Å². The normalized spacial score (nSPS) is 21.8. The standard InChI is InChI=1S/C17H24F3N3O2/c18-17(19,20)11-23-9-12-5-4-8-14(16(12)22-23)21-15(24)10-25-13-6-2-1-3-7-13/h9,13-14H,1-8,10-11H2,(H,21,24). The lowest BCUT2D eigenvalue weighted by Crippen LogP contribution is -2.35. The third kappa shape index (κ3) is 5.20. The quantitative estimate of drug-likeness (QED) is 0.878. The van der Waals surface area contributed by atoms with Crippen LogP contribution in [0.25, 0.3) is 0 Å². The lowest BCUT2D eigenvalue weighted by molar-refractivity contribution is -0.142. The summed E-state index contributed by atoms with van der Waals surface area (Å²) in [5.41, 5.74) is 1.34. The van der Waals surface area contributed by atoms with Gasteiger partial charge in [0, 0.05) is 6.20 Å². The van der Waals surface area contributed by atoms with Gasteiger partial charge in [-0.05, 0) is 37.7 Å². The Morgan fingerprint density at radius 2 is 2.00 bits per heavy atom. The average molecular weight is 359 g/mol. The van der Waals surface area contributed by atoms with Crippen LogP contribution in [0, 0.1) is 0 Å². The Morgan fingerprint density at radius 3 is 2.72 bits per heavy atom. The molecular weight excluding hydrogens is 335 g/mol. The molecule has 0 aliphatic heterocycles. The third-order valence-electron chi connectivity index (χ3n) is 4.82. The molecule has 0 spiro atoms. The van der Waals surface area contributed by atoms with E-state index in [9.17, 15) is 18.0 Å². The van der Waals surface area contributed by atoms with Crippen LogP contribution in [0.2, 0.25) is 0 Å². The van der Waals surface area contributed by atoms with Crippen molar-refractivity contribution in [3.05, 3.63) is 17.5 Å². The maximum atomic E-state index is 12.5. The number of amides is 1. The van der Waals surface area contributed by atoms with E-state index in [-0.39, 0.29) is 24.7 Å². The van der Waals surface area contributed by atoms with Crippen molar-refractivity contribution in [3.8, 4) is 0 Å². The van der Waals surface area contributed by atoms with Gasteiger partial charge in [-0.1, -0.05) is 19.3 Å². The van der Waals surface area contributed by atoms with Gasteiger partial charge in [0.2, 0.25) is 5.91 Å². The van der Waals surface area contributed by atoms with E-state index in [1.807, 2.05) is 0 Å². The van der Waals surface area contributed by atoms with Crippen LogP contribution < -0.4 is 5.32 Å². The molecule has 2 aliphatic carbocycles. The smallest absolute Gasteiger partial charge is 0.368 e. The summed E-state index contributed by atoms with van der Waals surface area (Å²) in [5, 5.41) is 6.93. The van der Waals surface area contributed by atoms with Crippen LogP contribution in [-0.4, -0.2) is 34.6 Å². The monoisotopic (exact) mass is 359 g/mol. The molecule has 1 N–H and O–H groups in total. The van der Waals surface area contributed by atoms with Crippen molar-refractivity contribution in [2.45, 2.75) is 76.2 Å². The van der Waals surface area contributed by atoms with Gasteiger partial charge in [0.05, 0.1) is 17.8 Å². The minimum Gasteiger partial charge on any atom is -0.368 e. The van der Waals surface area contributed by atoms with E-state index in [0.29, 0.717) is 18.5 Å². The van der Waals surface area contributed by atoms with Crippen molar-refractivity contribution < 1.29 is 22.7 Å². The number of aryl methyl sites for hydroxylation is 1. The number of rotatable bonds is 5. The molecule has 8 heteroatoms. The Morgan fingerprint density at radius 1 is 1.24 bits per heavy atom. The topological polar surface area (TPSA) is 56.1 Å². The van der Waals surface area contributed by atoms with Crippen molar-refractivity contribution in [3.63, 3.8) is 0 Å². The first-order chi connectivity index (χ1) is 11.9. The second kappa shape index (κ2) is 7.76. The average Bonchev–Trinajstić information content (AvgIpc) is 2.95. The highest BCUT2D eigenvalue weighted by atomic mass is 19.4. The molecule has 1 aromatic heterocycles. The first-order valence-corrected chi connectivity index (χ1v) is 8.94. The minimum absolute atomic E-state index is 0.000238. The lowest BCUT2D eigenvalue weighted by Gasteiger charge is -2.24. The van der Waals surface area contributed by atoms with Crippen LogP contribution in [0.3, 0.4) is 0 Å². The zero-order chi connectivity index (χ0) is 17.9. The van der Waals surface area contributed by atoms with Gasteiger partial charge in [-0.3, -0.25) is 9.48 Å². The number of hydrogen-bond acceptors (Lipinski definition) is 3. The molecule has 1 saturated carbocycles. The summed E-state index contributed by atoms with van der Waals surface area (Å²) in [4.78, 5) is 12.1. The number of fused-ring (bicyclic) bond motifs is 1. The Hall–Kier alpha value is -1.57. The Bertz CT molecular complexity index is 594. The number of hydrogen-bond donors (Lipinski definition) is 1. The molecular formula is C17H24F3N3O2. The molecule has 2 aliphatic rings. The summed E-state index contributed by atoms with van der Waals surface area (Å²) in [6, 6.07) is -0.333. The van der Waals surface area contributed by atoms with Gasteiger partial charge < -0.3 is 10.1 Å². The summed E-state index contributed by atoms with van der Waals surface area (Å²) >= 11 is 0. The minimum atomic E-state index is -4.30. The van der Waals surface area contributed by atoms with Crippen LogP contribution >= 0.6 is 0 Å². The Balaban J connectivity index is 1.55. The highest BCUT2D eigenvalue weighted by Crippen LogP contribution is 2.29. The SMILES string of the molecule is O=C(COC1CCCCC1)NC1CCCc2cn(CC(F)(F)F)nc21. The fourth-order valence-corrected chi connectivity index (χ4v) is 3.66. The van der Waals surface area contributed by atoms with E-state index in [0.717, 1.165) is 42.3 Å². The number of alkyl halides is 3. The Labute approximate surface area is 144 Å². The van der Waals surface area contributed by atoms with Gasteiger partial charge in [0.25, 0.3) is 0 Å². The first kappa shape index (κ1) is 18.2. The van der Waals surface area contributed by atoms with Gasteiger partial charge in [-0.2, -0.15) is 18.3 Å². The zero-order valence-electron chi connectivity index (χ0n) is 14.1. The molecule has 1 fully saturated rings. The highest BCUT2D eigenvalue weighted by Gasteiger charge is 2.31. The summed E-state index contributed by atoms with van der Waals surface area (Å²) in [7, 11) is 0. The number of aromatic nitrogens is 2. The van der Waals surface area contributed by atoms with Gasteiger partial charge in [0.15, 0.2) is 0 Å². The predicted molar refractivity (Wildman–Crippen MR) is 84.9 cm³/mol. The van der Waals surface area contributed by atoms with E-state index >= 15 is 0 Å².